The van der Waals surface area contributed by atoms with Gasteiger partial charge in [-0.15, -0.1) is 0 Å². The van der Waals surface area contributed by atoms with Crippen molar-refractivity contribution < 1.29 is 9.47 Å². The molecule has 17 heavy (non-hydrogen) atoms. The monoisotopic (exact) mass is 234 g/mol. The van der Waals surface area contributed by atoms with Crippen molar-refractivity contribution in [2.24, 2.45) is 4.99 Å². The van der Waals surface area contributed by atoms with Crippen molar-refractivity contribution in [2.45, 2.75) is 20.0 Å². The maximum atomic E-state index is 5.90. The van der Waals surface area contributed by atoms with Crippen LogP contribution in [0.15, 0.2) is 23.2 Å². The standard InChI is InChI=1S/C13H18N2O2/c1-9-11(16-3)5-4-6-12(9)17-10(2)13-14-7-8-15-13/h4-6,10H,7-8H2,1-3H3,(H,14,15)/t10-/m0/s1. The number of rotatable bonds is 4. The molecule has 2 rings (SSSR count). The van der Waals surface area contributed by atoms with Gasteiger partial charge in [-0.1, -0.05) is 6.07 Å². The van der Waals surface area contributed by atoms with E-state index in [4.69, 9.17) is 9.47 Å². The number of ether oxygens (including phenoxy) is 2. The zero-order valence-corrected chi connectivity index (χ0v) is 10.5. The molecule has 4 nitrogen and oxygen atoms in total. The van der Waals surface area contributed by atoms with Crippen LogP contribution in [0.1, 0.15) is 12.5 Å². The predicted octanol–water partition coefficient (Wildman–Crippen LogP) is 1.77. The van der Waals surface area contributed by atoms with Crippen molar-refractivity contribution in [1.82, 2.24) is 5.32 Å². The van der Waals surface area contributed by atoms with Gasteiger partial charge >= 0.3 is 0 Å². The van der Waals surface area contributed by atoms with Crippen LogP contribution in [0, 0.1) is 6.92 Å². The van der Waals surface area contributed by atoms with E-state index in [-0.39, 0.29) is 6.10 Å². The number of hydrogen-bond acceptors (Lipinski definition) is 4. The van der Waals surface area contributed by atoms with E-state index in [0.717, 1.165) is 36.0 Å². The van der Waals surface area contributed by atoms with E-state index in [2.05, 4.69) is 10.3 Å². The maximum absolute atomic E-state index is 5.90. The Hall–Kier alpha value is -1.71. The Bertz CT molecular complexity index is 429. The van der Waals surface area contributed by atoms with Crippen molar-refractivity contribution in [1.29, 1.82) is 0 Å². The van der Waals surface area contributed by atoms with Gasteiger partial charge in [-0.3, -0.25) is 4.99 Å². The Morgan fingerprint density at radius 2 is 2.12 bits per heavy atom. The van der Waals surface area contributed by atoms with Gasteiger partial charge in [0.25, 0.3) is 0 Å². The molecule has 0 saturated heterocycles. The molecule has 0 aromatic heterocycles. The van der Waals surface area contributed by atoms with Crippen LogP contribution in [0.5, 0.6) is 11.5 Å². The lowest BCUT2D eigenvalue weighted by Gasteiger charge is -2.17. The normalized spacial score (nSPS) is 16.1. The molecule has 0 saturated carbocycles. The van der Waals surface area contributed by atoms with E-state index in [1.165, 1.54) is 0 Å². The summed E-state index contributed by atoms with van der Waals surface area (Å²) in [7, 11) is 1.66. The fraction of sp³-hybridized carbons (Fsp3) is 0.462. The molecule has 0 aliphatic carbocycles. The summed E-state index contributed by atoms with van der Waals surface area (Å²) in [4.78, 5) is 4.35. The number of aliphatic imine (C=N–C) groups is 1. The molecule has 1 aliphatic heterocycles. The second-order valence-electron chi connectivity index (χ2n) is 4.04. The SMILES string of the molecule is COc1cccc(O[C@@H](C)C2=NCCN2)c1C. The van der Waals surface area contributed by atoms with Crippen molar-refractivity contribution in [3.63, 3.8) is 0 Å². The highest BCUT2D eigenvalue weighted by Crippen LogP contribution is 2.27. The van der Waals surface area contributed by atoms with Crippen molar-refractivity contribution >= 4 is 5.84 Å². The molecule has 0 amide bonds. The largest absolute Gasteiger partial charge is 0.496 e. The summed E-state index contributed by atoms with van der Waals surface area (Å²) in [6.07, 6.45) is -0.0525. The van der Waals surface area contributed by atoms with Gasteiger partial charge in [0.15, 0.2) is 6.10 Å². The first-order chi connectivity index (χ1) is 8.22. The summed E-state index contributed by atoms with van der Waals surface area (Å²) in [6, 6.07) is 5.81. The van der Waals surface area contributed by atoms with Gasteiger partial charge in [-0.2, -0.15) is 0 Å². The average molecular weight is 234 g/mol. The summed E-state index contributed by atoms with van der Waals surface area (Å²) in [6.45, 7) is 5.72. The molecule has 92 valence electrons. The lowest BCUT2D eigenvalue weighted by atomic mass is 10.2. The molecular weight excluding hydrogens is 216 g/mol. The van der Waals surface area contributed by atoms with Crippen LogP contribution in [0.2, 0.25) is 0 Å². The molecule has 0 unspecified atom stereocenters. The van der Waals surface area contributed by atoms with Gasteiger partial charge in [0, 0.05) is 12.1 Å². The summed E-state index contributed by atoms with van der Waals surface area (Å²) in [5.74, 6) is 2.61. The van der Waals surface area contributed by atoms with Crippen LogP contribution < -0.4 is 14.8 Å². The van der Waals surface area contributed by atoms with Crippen molar-refractivity contribution in [3.8, 4) is 11.5 Å². The summed E-state index contributed by atoms with van der Waals surface area (Å²) in [5, 5.41) is 3.22. The van der Waals surface area contributed by atoms with Crippen LogP contribution in [0.3, 0.4) is 0 Å². The third-order valence-electron chi connectivity index (χ3n) is 2.84. The second-order valence-corrected chi connectivity index (χ2v) is 4.04. The molecule has 0 bridgehead atoms. The molecule has 1 atom stereocenters. The summed E-state index contributed by atoms with van der Waals surface area (Å²) < 4.78 is 11.2. The number of benzene rings is 1. The number of nitrogens with zero attached hydrogens (tertiary/aromatic N) is 1. The fourth-order valence-corrected chi connectivity index (χ4v) is 1.88. The highest BCUT2D eigenvalue weighted by atomic mass is 16.5. The first kappa shape index (κ1) is 11.8. The van der Waals surface area contributed by atoms with E-state index >= 15 is 0 Å². The summed E-state index contributed by atoms with van der Waals surface area (Å²) >= 11 is 0. The average Bonchev–Trinajstić information content (AvgIpc) is 2.85. The van der Waals surface area contributed by atoms with Gasteiger partial charge in [0.1, 0.15) is 17.3 Å². The maximum Gasteiger partial charge on any atom is 0.152 e. The van der Waals surface area contributed by atoms with E-state index in [1.54, 1.807) is 7.11 Å². The van der Waals surface area contributed by atoms with Gasteiger partial charge in [0.2, 0.25) is 0 Å². The topological polar surface area (TPSA) is 42.9 Å². The molecule has 1 heterocycles. The smallest absolute Gasteiger partial charge is 0.152 e. The Balaban J connectivity index is 2.12. The lowest BCUT2D eigenvalue weighted by molar-refractivity contribution is 0.279. The van der Waals surface area contributed by atoms with Crippen LogP contribution in [0.4, 0.5) is 0 Å². The first-order valence-corrected chi connectivity index (χ1v) is 5.81. The van der Waals surface area contributed by atoms with Gasteiger partial charge in [-0.05, 0) is 26.0 Å². The van der Waals surface area contributed by atoms with Crippen LogP contribution in [-0.2, 0) is 0 Å². The molecule has 1 aromatic rings. The molecular formula is C13H18N2O2. The van der Waals surface area contributed by atoms with E-state index in [0.29, 0.717) is 0 Å². The third-order valence-corrected chi connectivity index (χ3v) is 2.84. The zero-order valence-electron chi connectivity index (χ0n) is 10.5. The Morgan fingerprint density at radius 1 is 1.35 bits per heavy atom. The highest BCUT2D eigenvalue weighted by molar-refractivity contribution is 5.87. The first-order valence-electron chi connectivity index (χ1n) is 5.81. The number of hydrogen-bond donors (Lipinski definition) is 1. The van der Waals surface area contributed by atoms with Crippen LogP contribution in [-0.4, -0.2) is 32.1 Å². The number of nitrogens with one attached hydrogen (secondary N) is 1. The predicted molar refractivity (Wildman–Crippen MR) is 68.1 cm³/mol. The molecule has 0 spiro atoms. The Labute approximate surface area is 102 Å². The Kier molecular flexibility index (Phi) is 3.52. The quantitative estimate of drug-likeness (QED) is 0.863. The molecule has 1 aliphatic rings. The minimum absolute atomic E-state index is 0.0525. The molecule has 4 heteroatoms. The fourth-order valence-electron chi connectivity index (χ4n) is 1.88. The Morgan fingerprint density at radius 3 is 2.76 bits per heavy atom. The van der Waals surface area contributed by atoms with Crippen LogP contribution in [0.25, 0.3) is 0 Å². The highest BCUT2D eigenvalue weighted by Gasteiger charge is 2.16. The van der Waals surface area contributed by atoms with Crippen molar-refractivity contribution in [2.75, 3.05) is 20.2 Å². The van der Waals surface area contributed by atoms with E-state index in [1.807, 2.05) is 32.0 Å². The molecule has 1 aromatic carbocycles. The zero-order chi connectivity index (χ0) is 12.3. The molecule has 0 radical (unpaired) electrons. The second kappa shape index (κ2) is 5.08. The lowest BCUT2D eigenvalue weighted by Crippen LogP contribution is -2.33. The molecule has 1 N–H and O–H groups in total. The summed E-state index contributed by atoms with van der Waals surface area (Å²) in [5.41, 5.74) is 1.01. The minimum atomic E-state index is -0.0525. The van der Waals surface area contributed by atoms with Crippen LogP contribution >= 0.6 is 0 Å². The van der Waals surface area contributed by atoms with Gasteiger partial charge in [0.05, 0.1) is 13.7 Å². The van der Waals surface area contributed by atoms with E-state index < -0.39 is 0 Å². The molecule has 0 fully saturated rings. The number of amidine groups is 1. The third kappa shape index (κ3) is 2.52. The number of methoxy groups -OCH3 is 1. The van der Waals surface area contributed by atoms with E-state index in [9.17, 15) is 0 Å². The van der Waals surface area contributed by atoms with Gasteiger partial charge < -0.3 is 14.8 Å². The van der Waals surface area contributed by atoms with Crippen molar-refractivity contribution in [3.05, 3.63) is 23.8 Å². The minimum Gasteiger partial charge on any atom is -0.496 e. The van der Waals surface area contributed by atoms with Gasteiger partial charge in [-0.25, -0.2) is 0 Å².